The molecule has 0 bridgehead atoms. The Balaban J connectivity index is 2.95. The second kappa shape index (κ2) is 16.3. The van der Waals surface area contributed by atoms with Gasteiger partial charge in [-0.3, -0.25) is 0 Å². The number of carbonyl (C=O) groups is 1. The van der Waals surface area contributed by atoms with Gasteiger partial charge in [0.05, 0.1) is 6.54 Å². The van der Waals surface area contributed by atoms with Gasteiger partial charge in [-0.25, -0.2) is 0 Å². The van der Waals surface area contributed by atoms with Crippen LogP contribution in [0.2, 0.25) is 0 Å². The summed E-state index contributed by atoms with van der Waals surface area (Å²) in [7, 11) is 0. The third kappa shape index (κ3) is 17.3. The lowest BCUT2D eigenvalue weighted by atomic mass is 10.0. The van der Waals surface area contributed by atoms with Crippen LogP contribution in [-0.4, -0.2) is 12.3 Å². The van der Waals surface area contributed by atoms with Crippen molar-refractivity contribution in [3.05, 3.63) is 4.91 Å². The average Bonchev–Trinajstić information content (AvgIpc) is 2.43. The molecule has 118 valence electrons. The van der Waals surface area contributed by atoms with Crippen molar-refractivity contribution in [3.63, 3.8) is 0 Å². The maximum Gasteiger partial charge on any atom is 0.129 e. The summed E-state index contributed by atoms with van der Waals surface area (Å²) >= 11 is 0. The highest BCUT2D eigenvalue weighted by Crippen LogP contribution is 2.13. The summed E-state index contributed by atoms with van der Waals surface area (Å²) in [5, 5.41) is 2.87. The molecule has 0 heterocycles. The van der Waals surface area contributed by atoms with Crippen LogP contribution in [0.25, 0.3) is 0 Å². The molecule has 0 aliphatic rings. The van der Waals surface area contributed by atoms with Crippen molar-refractivity contribution in [2.24, 2.45) is 5.18 Å². The summed E-state index contributed by atoms with van der Waals surface area (Å²) in [6.07, 6.45) is 17.1. The number of carbonyl (C=O) groups excluding carboxylic acids is 1. The van der Waals surface area contributed by atoms with E-state index in [0.29, 0.717) is 12.3 Å². The summed E-state index contributed by atoms with van der Waals surface area (Å²) in [5.74, 6) is 0.326. The Morgan fingerprint density at radius 3 is 1.35 bits per heavy atom. The Bertz CT molecular complexity index is 229. The number of nitrogens with zero attached hydrogens (tertiary/aromatic N) is 1. The van der Waals surface area contributed by atoms with Gasteiger partial charge >= 0.3 is 0 Å². The third-order valence-corrected chi connectivity index (χ3v) is 3.78. The first-order valence-electron chi connectivity index (χ1n) is 8.56. The standard InChI is InChI=1S/C17H33NO2/c1-17(19)15-13-11-9-7-5-3-2-4-6-8-10-12-14-16-18-20/h2-16H2,1H3. The fourth-order valence-corrected chi connectivity index (χ4v) is 2.49. The summed E-state index contributed by atoms with van der Waals surface area (Å²) < 4.78 is 0. The van der Waals surface area contributed by atoms with Gasteiger partial charge in [-0.2, -0.15) is 4.91 Å². The Kier molecular flexibility index (Phi) is 15.7. The van der Waals surface area contributed by atoms with Crippen molar-refractivity contribution in [2.75, 3.05) is 6.54 Å². The number of hydrogen-bond donors (Lipinski definition) is 0. The maximum absolute atomic E-state index is 10.8. The van der Waals surface area contributed by atoms with E-state index in [-0.39, 0.29) is 0 Å². The first-order valence-corrected chi connectivity index (χ1v) is 8.56. The number of ketones is 1. The molecule has 20 heavy (non-hydrogen) atoms. The molecule has 3 heteroatoms. The van der Waals surface area contributed by atoms with Crippen LogP contribution in [0.4, 0.5) is 0 Å². The zero-order chi connectivity index (χ0) is 14.9. The lowest BCUT2D eigenvalue weighted by Gasteiger charge is -2.02. The molecule has 0 N–H and O–H groups in total. The zero-order valence-corrected chi connectivity index (χ0v) is 13.4. The second-order valence-electron chi connectivity index (χ2n) is 5.90. The van der Waals surface area contributed by atoms with E-state index in [1.54, 1.807) is 6.92 Å². The van der Waals surface area contributed by atoms with E-state index in [2.05, 4.69) is 5.18 Å². The van der Waals surface area contributed by atoms with Crippen LogP contribution in [0.15, 0.2) is 5.18 Å². The third-order valence-electron chi connectivity index (χ3n) is 3.78. The average molecular weight is 283 g/mol. The summed E-state index contributed by atoms with van der Waals surface area (Å²) in [5.41, 5.74) is 0. The molecule has 0 saturated carbocycles. The summed E-state index contributed by atoms with van der Waals surface area (Å²) in [6.45, 7) is 2.17. The fourth-order valence-electron chi connectivity index (χ4n) is 2.49. The SMILES string of the molecule is CC(=O)CCCCCCCCCCCCCCCN=O. The minimum atomic E-state index is 0.326. The van der Waals surface area contributed by atoms with Gasteiger partial charge in [-0.1, -0.05) is 75.8 Å². The normalized spacial score (nSPS) is 10.7. The van der Waals surface area contributed by atoms with Crippen LogP contribution >= 0.6 is 0 Å². The number of rotatable bonds is 16. The van der Waals surface area contributed by atoms with Gasteiger partial charge in [-0.15, -0.1) is 0 Å². The molecule has 0 aromatic carbocycles. The minimum Gasteiger partial charge on any atom is -0.300 e. The molecule has 0 unspecified atom stereocenters. The highest BCUT2D eigenvalue weighted by atomic mass is 16.3. The van der Waals surface area contributed by atoms with Gasteiger partial charge in [0.15, 0.2) is 0 Å². The fraction of sp³-hybridized carbons (Fsp3) is 0.941. The molecule has 0 aliphatic heterocycles. The Morgan fingerprint density at radius 1 is 0.650 bits per heavy atom. The smallest absolute Gasteiger partial charge is 0.129 e. The monoisotopic (exact) mass is 283 g/mol. The van der Waals surface area contributed by atoms with Gasteiger partial charge in [0.25, 0.3) is 0 Å². The first-order chi connectivity index (χ1) is 9.77. The van der Waals surface area contributed by atoms with Crippen LogP contribution in [-0.2, 0) is 4.79 Å². The van der Waals surface area contributed by atoms with Crippen molar-refractivity contribution in [2.45, 2.75) is 96.8 Å². The molecule has 0 atom stereocenters. The predicted molar refractivity (Wildman–Crippen MR) is 86.0 cm³/mol. The van der Waals surface area contributed by atoms with E-state index in [0.717, 1.165) is 25.7 Å². The van der Waals surface area contributed by atoms with Gasteiger partial charge in [0.2, 0.25) is 0 Å². The lowest BCUT2D eigenvalue weighted by Crippen LogP contribution is -1.89. The minimum absolute atomic E-state index is 0.326. The van der Waals surface area contributed by atoms with Crippen LogP contribution < -0.4 is 0 Å². The van der Waals surface area contributed by atoms with Crippen LogP contribution in [0.5, 0.6) is 0 Å². The molecule has 0 aromatic rings. The molecule has 0 radical (unpaired) electrons. The second-order valence-corrected chi connectivity index (χ2v) is 5.90. The highest BCUT2D eigenvalue weighted by Gasteiger charge is 1.95. The molecular formula is C17H33NO2. The Hall–Kier alpha value is -0.730. The van der Waals surface area contributed by atoms with Crippen molar-refractivity contribution in [1.29, 1.82) is 0 Å². The molecule has 0 amide bonds. The van der Waals surface area contributed by atoms with Crippen LogP contribution in [0, 0.1) is 4.91 Å². The number of hydrogen-bond acceptors (Lipinski definition) is 3. The van der Waals surface area contributed by atoms with Crippen molar-refractivity contribution in [3.8, 4) is 0 Å². The van der Waals surface area contributed by atoms with Crippen LogP contribution in [0.3, 0.4) is 0 Å². The van der Waals surface area contributed by atoms with E-state index in [1.165, 1.54) is 64.2 Å². The molecular weight excluding hydrogens is 250 g/mol. The molecule has 0 saturated heterocycles. The Morgan fingerprint density at radius 2 is 1.00 bits per heavy atom. The zero-order valence-electron chi connectivity index (χ0n) is 13.4. The topological polar surface area (TPSA) is 46.5 Å². The molecule has 0 rings (SSSR count). The van der Waals surface area contributed by atoms with Crippen molar-refractivity contribution >= 4 is 5.78 Å². The van der Waals surface area contributed by atoms with Gasteiger partial charge in [0, 0.05) is 6.42 Å². The van der Waals surface area contributed by atoms with E-state index >= 15 is 0 Å². The summed E-state index contributed by atoms with van der Waals surface area (Å²) in [4.78, 5) is 20.6. The lowest BCUT2D eigenvalue weighted by molar-refractivity contribution is -0.117. The van der Waals surface area contributed by atoms with Crippen molar-refractivity contribution < 1.29 is 4.79 Å². The van der Waals surface area contributed by atoms with Crippen LogP contribution in [0.1, 0.15) is 96.8 Å². The van der Waals surface area contributed by atoms with E-state index in [1.807, 2.05) is 0 Å². The maximum atomic E-state index is 10.8. The predicted octanol–water partition coefficient (Wildman–Crippen LogP) is 5.80. The quantitative estimate of drug-likeness (QED) is 0.265. The number of unbranched alkanes of at least 4 members (excludes halogenated alkanes) is 12. The Labute approximate surface area is 124 Å². The number of nitroso groups, excluding NO2 is 1. The molecule has 3 nitrogen and oxygen atoms in total. The van der Waals surface area contributed by atoms with Gasteiger partial charge in [0.1, 0.15) is 5.78 Å². The van der Waals surface area contributed by atoms with E-state index in [9.17, 15) is 9.70 Å². The summed E-state index contributed by atoms with van der Waals surface area (Å²) in [6, 6.07) is 0. The highest BCUT2D eigenvalue weighted by molar-refractivity contribution is 5.75. The molecule has 0 aromatic heterocycles. The van der Waals surface area contributed by atoms with E-state index < -0.39 is 0 Å². The molecule has 0 fully saturated rings. The molecule has 0 spiro atoms. The first kappa shape index (κ1) is 19.3. The van der Waals surface area contributed by atoms with Gasteiger partial charge < -0.3 is 4.79 Å². The van der Waals surface area contributed by atoms with Crippen molar-refractivity contribution in [1.82, 2.24) is 0 Å². The largest absolute Gasteiger partial charge is 0.300 e. The number of Topliss-reactive ketones (excluding diaryl/α,β-unsaturated/α-hetero) is 1. The molecule has 0 aliphatic carbocycles. The van der Waals surface area contributed by atoms with Gasteiger partial charge in [-0.05, 0) is 19.8 Å². The van der Waals surface area contributed by atoms with E-state index in [4.69, 9.17) is 0 Å².